The number of para-hydroxylation sites is 2. The van der Waals surface area contributed by atoms with Gasteiger partial charge in [-0.15, -0.1) is 0 Å². The number of fused-ring (bicyclic) bond motifs is 1. The molecule has 2 heterocycles. The van der Waals surface area contributed by atoms with Crippen LogP contribution in [-0.2, 0) is 16.6 Å². The molecule has 0 saturated heterocycles. The molecule has 0 bridgehead atoms. The predicted octanol–water partition coefficient (Wildman–Crippen LogP) is 2.24. The number of ether oxygens (including phenoxy) is 1. The van der Waals surface area contributed by atoms with Crippen LogP contribution in [0.15, 0.2) is 47.1 Å². The number of allylic oxidation sites excluding steroid dienone is 3. The van der Waals surface area contributed by atoms with Crippen molar-refractivity contribution in [1.82, 2.24) is 9.55 Å². The Bertz CT molecular complexity index is 928. The average Bonchev–Trinajstić information content (AvgIpc) is 2.83. The van der Waals surface area contributed by atoms with Crippen LogP contribution in [0.1, 0.15) is 25.6 Å². The van der Waals surface area contributed by atoms with Crippen molar-refractivity contribution in [2.75, 3.05) is 0 Å². The lowest BCUT2D eigenvalue weighted by atomic mass is 9.86. The van der Waals surface area contributed by atoms with E-state index in [2.05, 4.69) is 11.1 Å². The Morgan fingerprint density at radius 3 is 2.74 bits per heavy atom. The maximum atomic E-state index is 12.1. The number of Topliss-reactive ketones (excluding diaryl/α,β-unsaturated/α-hetero) is 1. The van der Waals surface area contributed by atoms with Gasteiger partial charge in [0, 0.05) is 12.6 Å². The number of carbonyl (C=O) groups excluding carboxylic acids is 1. The number of hydrogen-bond acceptors (Lipinski definition) is 5. The quantitative estimate of drug-likeness (QED) is 0.918. The summed E-state index contributed by atoms with van der Waals surface area (Å²) in [5.41, 5.74) is 8.21. The summed E-state index contributed by atoms with van der Waals surface area (Å²) in [6, 6.07) is 9.71. The number of carbonyl (C=O) groups is 1. The topological polar surface area (TPSA) is 93.9 Å². The van der Waals surface area contributed by atoms with Crippen molar-refractivity contribution in [3.63, 3.8) is 0 Å². The van der Waals surface area contributed by atoms with Gasteiger partial charge in [-0.25, -0.2) is 4.98 Å². The van der Waals surface area contributed by atoms with Gasteiger partial charge >= 0.3 is 0 Å². The normalized spacial score (nSPS) is 18.1. The fourth-order valence-corrected chi connectivity index (χ4v) is 3.02. The van der Waals surface area contributed by atoms with E-state index < -0.39 is 5.92 Å². The van der Waals surface area contributed by atoms with Crippen molar-refractivity contribution in [2.24, 2.45) is 12.8 Å². The lowest BCUT2D eigenvalue weighted by Gasteiger charge is -2.26. The monoisotopic (exact) mass is 308 g/mol. The Kier molecular flexibility index (Phi) is 3.41. The summed E-state index contributed by atoms with van der Waals surface area (Å²) < 4.78 is 7.27. The minimum atomic E-state index is -0.622. The molecule has 1 aliphatic rings. The zero-order valence-corrected chi connectivity index (χ0v) is 13.1. The first-order chi connectivity index (χ1) is 11.0. The smallest absolute Gasteiger partial charge is 0.205 e. The molecule has 1 unspecified atom stereocenters. The number of aryl methyl sites for hydroxylation is 1. The molecule has 23 heavy (non-hydrogen) atoms. The number of hydrogen-bond donors (Lipinski definition) is 1. The number of rotatable bonds is 2. The molecule has 1 aromatic carbocycles. The summed E-state index contributed by atoms with van der Waals surface area (Å²) in [6.45, 7) is 3.13. The first-order valence-corrected chi connectivity index (χ1v) is 7.16. The minimum absolute atomic E-state index is 0.0204. The summed E-state index contributed by atoms with van der Waals surface area (Å²) in [4.78, 5) is 16.8. The minimum Gasteiger partial charge on any atom is -0.445 e. The molecule has 6 heteroatoms. The van der Waals surface area contributed by atoms with E-state index in [1.54, 1.807) is 6.92 Å². The highest BCUT2D eigenvalue weighted by atomic mass is 16.5. The van der Waals surface area contributed by atoms with Crippen LogP contribution >= 0.6 is 0 Å². The highest BCUT2D eigenvalue weighted by Crippen LogP contribution is 2.39. The highest BCUT2D eigenvalue weighted by Gasteiger charge is 2.36. The van der Waals surface area contributed by atoms with Gasteiger partial charge in [-0.3, -0.25) is 4.79 Å². The molecule has 6 nitrogen and oxygen atoms in total. The van der Waals surface area contributed by atoms with Gasteiger partial charge < -0.3 is 15.0 Å². The molecular formula is C17H16N4O2. The third-order valence-corrected chi connectivity index (χ3v) is 4.06. The number of nitriles is 1. The van der Waals surface area contributed by atoms with Crippen LogP contribution in [0.5, 0.6) is 0 Å². The zero-order valence-electron chi connectivity index (χ0n) is 13.1. The number of imidazole rings is 1. The first kappa shape index (κ1) is 14.9. The van der Waals surface area contributed by atoms with Gasteiger partial charge in [0.15, 0.2) is 5.78 Å². The average molecular weight is 308 g/mol. The summed E-state index contributed by atoms with van der Waals surface area (Å²) in [5.74, 6) is 0.236. The number of benzene rings is 1. The Hall–Kier alpha value is -3.07. The van der Waals surface area contributed by atoms with Gasteiger partial charge in [-0.2, -0.15) is 5.26 Å². The second kappa shape index (κ2) is 5.29. The maximum Gasteiger partial charge on any atom is 0.205 e. The molecular weight excluding hydrogens is 292 g/mol. The summed E-state index contributed by atoms with van der Waals surface area (Å²) >= 11 is 0. The molecule has 2 N–H and O–H groups in total. The summed E-state index contributed by atoms with van der Waals surface area (Å²) in [6.07, 6.45) is 0. The molecule has 0 amide bonds. The van der Waals surface area contributed by atoms with E-state index >= 15 is 0 Å². The van der Waals surface area contributed by atoms with E-state index in [0.29, 0.717) is 17.2 Å². The van der Waals surface area contributed by atoms with Gasteiger partial charge in [-0.05, 0) is 26.0 Å². The zero-order chi connectivity index (χ0) is 16.7. The second-order valence-corrected chi connectivity index (χ2v) is 5.47. The number of nitrogens with zero attached hydrogens (tertiary/aromatic N) is 3. The molecule has 1 atom stereocenters. The fraction of sp³-hybridized carbons (Fsp3) is 0.235. The molecule has 0 radical (unpaired) electrons. The van der Waals surface area contributed by atoms with Gasteiger partial charge in [-0.1, -0.05) is 12.1 Å². The highest BCUT2D eigenvalue weighted by molar-refractivity contribution is 5.96. The molecule has 3 rings (SSSR count). The molecule has 0 saturated carbocycles. The van der Waals surface area contributed by atoms with Crippen LogP contribution in [0, 0.1) is 11.3 Å². The Morgan fingerprint density at radius 2 is 2.13 bits per heavy atom. The standard InChI is InChI=1S/C17H16N4O2/c1-9(22)14-10(2)23-16(19)11(8-18)15(14)17-20-12-6-4-5-7-13(12)21(17)3/h4-7,15H,19H2,1-3H3. The summed E-state index contributed by atoms with van der Waals surface area (Å²) in [5, 5.41) is 9.51. The summed E-state index contributed by atoms with van der Waals surface area (Å²) in [7, 11) is 1.86. The van der Waals surface area contributed by atoms with E-state index in [4.69, 9.17) is 10.5 Å². The SMILES string of the molecule is CC(=O)C1=C(C)OC(N)=C(C#N)C1c1nc2ccccc2n1C. The number of nitrogens with two attached hydrogens (primary N) is 1. The lowest BCUT2D eigenvalue weighted by molar-refractivity contribution is -0.114. The Balaban J connectivity index is 2.31. The van der Waals surface area contributed by atoms with Crippen molar-refractivity contribution in [2.45, 2.75) is 19.8 Å². The van der Waals surface area contributed by atoms with Gasteiger partial charge in [0.1, 0.15) is 23.2 Å². The van der Waals surface area contributed by atoms with Crippen LogP contribution in [0.25, 0.3) is 11.0 Å². The van der Waals surface area contributed by atoms with Crippen molar-refractivity contribution in [3.8, 4) is 6.07 Å². The van der Waals surface area contributed by atoms with E-state index in [9.17, 15) is 10.1 Å². The van der Waals surface area contributed by atoms with E-state index in [1.807, 2.05) is 35.9 Å². The van der Waals surface area contributed by atoms with Crippen molar-refractivity contribution >= 4 is 16.8 Å². The Labute approximate surface area is 133 Å². The van der Waals surface area contributed by atoms with Crippen molar-refractivity contribution in [3.05, 3.63) is 52.9 Å². The van der Waals surface area contributed by atoms with E-state index in [1.165, 1.54) is 6.92 Å². The molecule has 0 fully saturated rings. The van der Waals surface area contributed by atoms with Gasteiger partial charge in [0.25, 0.3) is 0 Å². The molecule has 1 aromatic heterocycles. The lowest BCUT2D eigenvalue weighted by Crippen LogP contribution is -2.25. The van der Waals surface area contributed by atoms with Crippen LogP contribution in [0.3, 0.4) is 0 Å². The number of ketones is 1. The van der Waals surface area contributed by atoms with E-state index in [-0.39, 0.29) is 17.2 Å². The van der Waals surface area contributed by atoms with Crippen LogP contribution in [-0.4, -0.2) is 15.3 Å². The third kappa shape index (κ3) is 2.18. The molecule has 2 aromatic rings. The van der Waals surface area contributed by atoms with Crippen LogP contribution < -0.4 is 5.73 Å². The molecule has 116 valence electrons. The third-order valence-electron chi connectivity index (χ3n) is 4.06. The van der Waals surface area contributed by atoms with Crippen molar-refractivity contribution < 1.29 is 9.53 Å². The fourth-order valence-electron chi connectivity index (χ4n) is 3.02. The largest absolute Gasteiger partial charge is 0.445 e. The Morgan fingerprint density at radius 1 is 1.43 bits per heavy atom. The molecule has 0 aliphatic carbocycles. The van der Waals surface area contributed by atoms with Crippen molar-refractivity contribution in [1.29, 1.82) is 5.26 Å². The second-order valence-electron chi connectivity index (χ2n) is 5.47. The maximum absolute atomic E-state index is 12.1. The number of aromatic nitrogens is 2. The molecule has 0 spiro atoms. The van der Waals surface area contributed by atoms with Crippen LogP contribution in [0.2, 0.25) is 0 Å². The predicted molar refractivity (Wildman–Crippen MR) is 84.7 cm³/mol. The molecule has 1 aliphatic heterocycles. The first-order valence-electron chi connectivity index (χ1n) is 7.16. The van der Waals surface area contributed by atoms with Crippen LogP contribution in [0.4, 0.5) is 0 Å². The van der Waals surface area contributed by atoms with Gasteiger partial charge in [0.05, 0.1) is 17.0 Å². The van der Waals surface area contributed by atoms with Gasteiger partial charge in [0.2, 0.25) is 5.88 Å². The van der Waals surface area contributed by atoms with E-state index in [0.717, 1.165) is 11.0 Å².